The van der Waals surface area contributed by atoms with Gasteiger partial charge in [-0.3, -0.25) is 4.98 Å². The first-order valence-electron chi connectivity index (χ1n) is 5.94. The van der Waals surface area contributed by atoms with Crippen LogP contribution in [0.3, 0.4) is 0 Å². The monoisotopic (exact) mass is 340 g/mol. The molecule has 3 nitrogen and oxygen atoms in total. The van der Waals surface area contributed by atoms with E-state index in [1.165, 1.54) is 0 Å². The van der Waals surface area contributed by atoms with Crippen LogP contribution in [0.1, 0.15) is 25.1 Å². The van der Waals surface area contributed by atoms with Crippen molar-refractivity contribution in [2.45, 2.75) is 19.4 Å². The van der Waals surface area contributed by atoms with E-state index < -0.39 is 0 Å². The van der Waals surface area contributed by atoms with Gasteiger partial charge in [-0.25, -0.2) is 0 Å². The number of nitrogens with two attached hydrogens (primary N) is 1. The van der Waals surface area contributed by atoms with Crippen molar-refractivity contribution in [2.75, 3.05) is 0 Å². The van der Waals surface area contributed by atoms with Crippen LogP contribution in [0.4, 0.5) is 0 Å². The summed E-state index contributed by atoms with van der Waals surface area (Å²) in [5, 5.41) is 0.553. The minimum atomic E-state index is -0.0384. The Bertz CT molecular complexity index is 560. The molecule has 2 N–H and O–H groups in total. The standard InChI is InChI=1S/C14H14BrClN2O/c1-2-12(17)13-6-4-10(8-18-13)19-14-7-9(15)3-5-11(14)16/h3-8,12H,2,17H2,1H3. The molecule has 1 aromatic heterocycles. The number of pyridine rings is 1. The zero-order valence-corrected chi connectivity index (χ0v) is 12.8. The Morgan fingerprint density at radius 3 is 2.79 bits per heavy atom. The van der Waals surface area contributed by atoms with Crippen molar-refractivity contribution in [3.63, 3.8) is 0 Å². The van der Waals surface area contributed by atoms with Crippen LogP contribution >= 0.6 is 27.5 Å². The van der Waals surface area contributed by atoms with E-state index >= 15 is 0 Å². The van der Waals surface area contributed by atoms with Crippen molar-refractivity contribution in [2.24, 2.45) is 5.73 Å². The Morgan fingerprint density at radius 1 is 1.37 bits per heavy atom. The number of halogens is 2. The molecule has 0 bridgehead atoms. The highest BCUT2D eigenvalue weighted by Crippen LogP contribution is 2.31. The second kappa shape index (κ2) is 6.37. The van der Waals surface area contributed by atoms with Gasteiger partial charge < -0.3 is 10.5 Å². The Balaban J connectivity index is 2.17. The summed E-state index contributed by atoms with van der Waals surface area (Å²) < 4.78 is 6.60. The molecule has 19 heavy (non-hydrogen) atoms. The quantitative estimate of drug-likeness (QED) is 0.877. The second-order valence-electron chi connectivity index (χ2n) is 4.11. The minimum Gasteiger partial charge on any atom is -0.454 e. The van der Waals surface area contributed by atoms with E-state index in [0.717, 1.165) is 16.6 Å². The molecule has 5 heteroatoms. The first-order chi connectivity index (χ1) is 9.10. The molecule has 0 amide bonds. The lowest BCUT2D eigenvalue weighted by Crippen LogP contribution is -2.10. The molecule has 0 saturated heterocycles. The number of nitrogens with zero attached hydrogens (tertiary/aromatic N) is 1. The maximum atomic E-state index is 6.06. The summed E-state index contributed by atoms with van der Waals surface area (Å²) in [6.45, 7) is 2.03. The molecule has 0 fully saturated rings. The number of hydrogen-bond donors (Lipinski definition) is 1. The van der Waals surface area contributed by atoms with Gasteiger partial charge in [0.15, 0.2) is 0 Å². The average Bonchev–Trinajstić information content (AvgIpc) is 2.43. The van der Waals surface area contributed by atoms with E-state index in [4.69, 9.17) is 22.1 Å². The van der Waals surface area contributed by atoms with Crippen molar-refractivity contribution in [3.8, 4) is 11.5 Å². The highest BCUT2D eigenvalue weighted by atomic mass is 79.9. The molecule has 0 aliphatic rings. The molecule has 1 unspecified atom stereocenters. The fraction of sp³-hybridized carbons (Fsp3) is 0.214. The lowest BCUT2D eigenvalue weighted by atomic mass is 10.1. The predicted octanol–water partition coefficient (Wildman–Crippen LogP) is 4.70. The second-order valence-corrected chi connectivity index (χ2v) is 5.43. The van der Waals surface area contributed by atoms with Gasteiger partial charge in [0.05, 0.1) is 16.9 Å². The van der Waals surface area contributed by atoms with E-state index in [2.05, 4.69) is 20.9 Å². The Morgan fingerprint density at radius 2 is 2.16 bits per heavy atom. The van der Waals surface area contributed by atoms with Crippen LogP contribution in [-0.4, -0.2) is 4.98 Å². The van der Waals surface area contributed by atoms with Crippen LogP contribution in [0.15, 0.2) is 41.0 Å². The van der Waals surface area contributed by atoms with Crippen LogP contribution in [0.5, 0.6) is 11.5 Å². The van der Waals surface area contributed by atoms with Crippen LogP contribution in [0, 0.1) is 0 Å². The molecule has 2 rings (SSSR count). The number of rotatable bonds is 4. The Kier molecular flexibility index (Phi) is 4.80. The summed E-state index contributed by atoms with van der Waals surface area (Å²) in [5.41, 5.74) is 6.77. The number of ether oxygens (including phenoxy) is 1. The molecule has 0 aliphatic carbocycles. The molecular weight excluding hydrogens is 328 g/mol. The molecule has 2 aromatic rings. The third-order valence-electron chi connectivity index (χ3n) is 2.70. The van der Waals surface area contributed by atoms with Gasteiger partial charge in [0.2, 0.25) is 0 Å². The van der Waals surface area contributed by atoms with Crippen LogP contribution in [0.2, 0.25) is 5.02 Å². The summed E-state index contributed by atoms with van der Waals surface area (Å²) in [7, 11) is 0. The normalized spacial score (nSPS) is 12.2. The number of benzene rings is 1. The molecule has 100 valence electrons. The van der Waals surface area contributed by atoms with Gasteiger partial charge in [0, 0.05) is 10.5 Å². The Labute approximate surface area is 125 Å². The zero-order chi connectivity index (χ0) is 13.8. The SMILES string of the molecule is CCC(N)c1ccc(Oc2cc(Br)ccc2Cl)cn1. The van der Waals surface area contributed by atoms with E-state index in [0.29, 0.717) is 16.5 Å². The Hall–Kier alpha value is -1.10. The predicted molar refractivity (Wildman–Crippen MR) is 80.7 cm³/mol. The van der Waals surface area contributed by atoms with Gasteiger partial charge in [-0.05, 0) is 36.8 Å². The van der Waals surface area contributed by atoms with E-state index in [-0.39, 0.29) is 6.04 Å². The lowest BCUT2D eigenvalue weighted by molar-refractivity contribution is 0.479. The minimum absolute atomic E-state index is 0.0384. The maximum Gasteiger partial charge on any atom is 0.147 e. The largest absolute Gasteiger partial charge is 0.454 e. The van der Waals surface area contributed by atoms with Gasteiger partial charge in [0.1, 0.15) is 11.5 Å². The van der Waals surface area contributed by atoms with Gasteiger partial charge in [-0.2, -0.15) is 0 Å². The molecule has 0 saturated carbocycles. The van der Waals surface area contributed by atoms with Gasteiger partial charge in [-0.1, -0.05) is 34.5 Å². The van der Waals surface area contributed by atoms with Crippen molar-refractivity contribution >= 4 is 27.5 Å². The molecule has 0 radical (unpaired) electrons. The average molecular weight is 342 g/mol. The van der Waals surface area contributed by atoms with Crippen molar-refractivity contribution in [1.82, 2.24) is 4.98 Å². The molecular formula is C14H14BrClN2O. The van der Waals surface area contributed by atoms with Gasteiger partial charge in [0.25, 0.3) is 0 Å². The topological polar surface area (TPSA) is 48.1 Å². The summed E-state index contributed by atoms with van der Waals surface area (Å²) in [4.78, 5) is 4.29. The third kappa shape index (κ3) is 3.69. The first kappa shape index (κ1) is 14.3. The van der Waals surface area contributed by atoms with Crippen molar-refractivity contribution in [3.05, 3.63) is 51.7 Å². The van der Waals surface area contributed by atoms with Crippen LogP contribution < -0.4 is 10.5 Å². The van der Waals surface area contributed by atoms with E-state index in [1.807, 2.05) is 31.2 Å². The van der Waals surface area contributed by atoms with Crippen LogP contribution in [0.25, 0.3) is 0 Å². The van der Waals surface area contributed by atoms with Gasteiger partial charge in [-0.15, -0.1) is 0 Å². The third-order valence-corrected chi connectivity index (χ3v) is 3.51. The van der Waals surface area contributed by atoms with Crippen LogP contribution in [-0.2, 0) is 0 Å². The molecule has 0 aliphatic heterocycles. The van der Waals surface area contributed by atoms with Gasteiger partial charge >= 0.3 is 0 Å². The molecule has 1 atom stereocenters. The highest BCUT2D eigenvalue weighted by Gasteiger charge is 2.07. The van der Waals surface area contributed by atoms with Crippen molar-refractivity contribution < 1.29 is 4.74 Å². The molecule has 1 heterocycles. The highest BCUT2D eigenvalue weighted by molar-refractivity contribution is 9.10. The fourth-order valence-corrected chi connectivity index (χ4v) is 2.06. The summed E-state index contributed by atoms with van der Waals surface area (Å²) in [6, 6.07) is 9.12. The zero-order valence-electron chi connectivity index (χ0n) is 10.4. The smallest absolute Gasteiger partial charge is 0.147 e. The van der Waals surface area contributed by atoms with E-state index in [1.54, 1.807) is 12.3 Å². The lowest BCUT2D eigenvalue weighted by Gasteiger charge is -2.10. The van der Waals surface area contributed by atoms with Crippen molar-refractivity contribution in [1.29, 1.82) is 0 Å². The molecule has 1 aromatic carbocycles. The molecule has 0 spiro atoms. The number of hydrogen-bond acceptors (Lipinski definition) is 3. The van der Waals surface area contributed by atoms with E-state index in [9.17, 15) is 0 Å². The number of aromatic nitrogens is 1. The fourth-order valence-electron chi connectivity index (χ4n) is 1.56. The summed E-state index contributed by atoms with van der Waals surface area (Å²) >= 11 is 9.44. The maximum absolute atomic E-state index is 6.06. The first-order valence-corrected chi connectivity index (χ1v) is 7.11. The summed E-state index contributed by atoms with van der Waals surface area (Å²) in [6.07, 6.45) is 2.51. The summed E-state index contributed by atoms with van der Waals surface area (Å²) in [5.74, 6) is 1.22.